The monoisotopic (exact) mass is 278 g/mol. The predicted octanol–water partition coefficient (Wildman–Crippen LogP) is 2.48. The van der Waals surface area contributed by atoms with E-state index in [0.717, 1.165) is 38.9 Å². The zero-order valence-electron chi connectivity index (χ0n) is 11.5. The highest BCUT2D eigenvalue weighted by atomic mass is 32.1. The van der Waals surface area contributed by atoms with Crippen LogP contribution in [0.15, 0.2) is 16.8 Å². The number of amides is 1. The Morgan fingerprint density at radius 1 is 1.47 bits per heavy atom. The summed E-state index contributed by atoms with van der Waals surface area (Å²) in [7, 11) is 0. The second-order valence-electron chi connectivity index (χ2n) is 5.94. The van der Waals surface area contributed by atoms with Gasteiger partial charge in [0, 0.05) is 31.6 Å². The largest absolute Gasteiger partial charge is 0.342 e. The smallest absolute Gasteiger partial charge is 0.225 e. The number of carbonyl (C=O) groups is 1. The molecule has 2 atom stereocenters. The van der Waals surface area contributed by atoms with Crippen LogP contribution in [0, 0.1) is 11.8 Å². The molecule has 19 heavy (non-hydrogen) atoms. The van der Waals surface area contributed by atoms with E-state index in [4.69, 9.17) is 0 Å². The van der Waals surface area contributed by atoms with Crippen LogP contribution in [0.25, 0.3) is 0 Å². The van der Waals surface area contributed by atoms with E-state index in [0.29, 0.717) is 23.8 Å². The van der Waals surface area contributed by atoms with Crippen molar-refractivity contribution in [2.75, 3.05) is 13.1 Å². The van der Waals surface area contributed by atoms with Crippen LogP contribution in [-0.4, -0.2) is 29.9 Å². The molecule has 2 heterocycles. The Hall–Kier alpha value is -0.870. The van der Waals surface area contributed by atoms with Crippen molar-refractivity contribution in [1.82, 2.24) is 10.2 Å². The van der Waals surface area contributed by atoms with Crippen LogP contribution in [0.3, 0.4) is 0 Å². The van der Waals surface area contributed by atoms with Gasteiger partial charge in [0.25, 0.3) is 0 Å². The number of piperidine rings is 1. The SMILES string of the molecule is C[C@@H]1CN(C(=O)C2CC2)CC[C@@H]1NCc1ccsc1. The highest BCUT2D eigenvalue weighted by Crippen LogP contribution is 2.32. The third kappa shape index (κ3) is 3.18. The van der Waals surface area contributed by atoms with Crippen molar-refractivity contribution in [2.45, 2.75) is 38.8 Å². The van der Waals surface area contributed by atoms with Crippen molar-refractivity contribution in [2.24, 2.45) is 11.8 Å². The standard InChI is InChI=1S/C15H22N2OS/c1-11-9-17(15(18)13-2-3-13)6-4-14(11)16-8-12-5-7-19-10-12/h5,7,10-11,13-14,16H,2-4,6,8-9H2,1H3/t11-,14+/m1/s1. The first-order valence-corrected chi connectivity index (χ1v) is 8.21. The van der Waals surface area contributed by atoms with E-state index in [1.807, 2.05) is 0 Å². The van der Waals surface area contributed by atoms with Gasteiger partial charge in [0.05, 0.1) is 0 Å². The number of thiophene rings is 1. The zero-order chi connectivity index (χ0) is 13.2. The lowest BCUT2D eigenvalue weighted by Gasteiger charge is -2.37. The van der Waals surface area contributed by atoms with Crippen LogP contribution < -0.4 is 5.32 Å². The first kappa shape index (κ1) is 13.1. The highest BCUT2D eigenvalue weighted by Gasteiger charge is 2.36. The van der Waals surface area contributed by atoms with Crippen LogP contribution in [0.5, 0.6) is 0 Å². The molecule has 3 rings (SSSR count). The molecule has 4 heteroatoms. The normalized spacial score (nSPS) is 27.5. The lowest BCUT2D eigenvalue weighted by molar-refractivity contribution is -0.134. The van der Waals surface area contributed by atoms with E-state index in [1.165, 1.54) is 5.56 Å². The minimum atomic E-state index is 0.363. The van der Waals surface area contributed by atoms with Gasteiger partial charge in [0.15, 0.2) is 0 Å². The Morgan fingerprint density at radius 2 is 2.32 bits per heavy atom. The van der Waals surface area contributed by atoms with Gasteiger partial charge >= 0.3 is 0 Å². The fourth-order valence-electron chi connectivity index (χ4n) is 2.88. The van der Waals surface area contributed by atoms with Crippen molar-refractivity contribution >= 4 is 17.2 Å². The second-order valence-corrected chi connectivity index (χ2v) is 6.72. The molecule has 2 aliphatic rings. The summed E-state index contributed by atoms with van der Waals surface area (Å²) in [5, 5.41) is 7.97. The van der Waals surface area contributed by atoms with Crippen molar-refractivity contribution < 1.29 is 4.79 Å². The molecule has 1 saturated heterocycles. The Kier molecular flexibility index (Phi) is 3.89. The first-order valence-electron chi connectivity index (χ1n) is 7.27. The second kappa shape index (κ2) is 5.63. The van der Waals surface area contributed by atoms with Crippen molar-refractivity contribution in [3.63, 3.8) is 0 Å². The molecule has 3 nitrogen and oxygen atoms in total. The molecule has 1 aliphatic heterocycles. The maximum atomic E-state index is 12.1. The maximum Gasteiger partial charge on any atom is 0.225 e. The number of nitrogens with zero attached hydrogens (tertiary/aromatic N) is 1. The fraction of sp³-hybridized carbons (Fsp3) is 0.667. The molecule has 0 bridgehead atoms. The van der Waals surface area contributed by atoms with Gasteiger partial charge in [-0.05, 0) is 47.6 Å². The van der Waals surface area contributed by atoms with Crippen molar-refractivity contribution in [1.29, 1.82) is 0 Å². The third-order valence-electron chi connectivity index (χ3n) is 4.29. The Labute approximate surface area is 119 Å². The van der Waals surface area contributed by atoms with E-state index in [-0.39, 0.29) is 0 Å². The quantitative estimate of drug-likeness (QED) is 0.917. The lowest BCUT2D eigenvalue weighted by atomic mass is 9.93. The van der Waals surface area contributed by atoms with Gasteiger partial charge in [-0.1, -0.05) is 6.92 Å². The first-order chi connectivity index (χ1) is 9.24. The molecule has 0 spiro atoms. The third-order valence-corrected chi connectivity index (χ3v) is 5.02. The number of likely N-dealkylation sites (tertiary alicyclic amines) is 1. The van der Waals surface area contributed by atoms with E-state index in [2.05, 4.69) is 34.0 Å². The summed E-state index contributed by atoms with van der Waals surface area (Å²) in [4.78, 5) is 14.2. The van der Waals surface area contributed by atoms with E-state index >= 15 is 0 Å². The van der Waals surface area contributed by atoms with Gasteiger partial charge < -0.3 is 10.2 Å². The summed E-state index contributed by atoms with van der Waals surface area (Å²) in [5.74, 6) is 1.32. The lowest BCUT2D eigenvalue weighted by Crippen LogP contribution is -2.50. The van der Waals surface area contributed by atoms with Gasteiger partial charge in [-0.3, -0.25) is 4.79 Å². The fourth-order valence-corrected chi connectivity index (χ4v) is 3.55. The van der Waals surface area contributed by atoms with Crippen LogP contribution in [0.1, 0.15) is 31.7 Å². The molecule has 2 fully saturated rings. The Bertz CT molecular complexity index is 427. The molecule has 1 saturated carbocycles. The number of hydrogen-bond donors (Lipinski definition) is 1. The summed E-state index contributed by atoms with van der Waals surface area (Å²) in [6.45, 7) is 5.07. The predicted molar refractivity (Wildman–Crippen MR) is 78.0 cm³/mol. The molecular formula is C15H22N2OS. The number of hydrogen-bond acceptors (Lipinski definition) is 3. The molecule has 1 aromatic heterocycles. The zero-order valence-corrected chi connectivity index (χ0v) is 12.3. The van der Waals surface area contributed by atoms with Crippen LogP contribution >= 0.6 is 11.3 Å². The summed E-state index contributed by atoms with van der Waals surface area (Å²) >= 11 is 1.75. The summed E-state index contributed by atoms with van der Waals surface area (Å²) in [5.41, 5.74) is 1.37. The minimum Gasteiger partial charge on any atom is -0.342 e. The topological polar surface area (TPSA) is 32.3 Å². The molecule has 1 aliphatic carbocycles. The van der Waals surface area contributed by atoms with Gasteiger partial charge in [-0.15, -0.1) is 0 Å². The summed E-state index contributed by atoms with van der Waals surface area (Å²) in [6.07, 6.45) is 3.32. The van der Waals surface area contributed by atoms with E-state index in [1.54, 1.807) is 11.3 Å². The molecule has 104 valence electrons. The summed E-state index contributed by atoms with van der Waals surface area (Å²) in [6, 6.07) is 2.72. The van der Waals surface area contributed by atoms with Crippen molar-refractivity contribution in [3.8, 4) is 0 Å². The van der Waals surface area contributed by atoms with Crippen LogP contribution in [0.4, 0.5) is 0 Å². The van der Waals surface area contributed by atoms with E-state index in [9.17, 15) is 4.79 Å². The number of nitrogens with one attached hydrogen (secondary N) is 1. The number of carbonyl (C=O) groups excluding carboxylic acids is 1. The molecule has 0 radical (unpaired) electrons. The maximum absolute atomic E-state index is 12.1. The molecule has 1 N–H and O–H groups in total. The molecule has 0 unspecified atom stereocenters. The molecule has 1 amide bonds. The number of rotatable bonds is 4. The van der Waals surface area contributed by atoms with Gasteiger partial charge in [-0.2, -0.15) is 11.3 Å². The highest BCUT2D eigenvalue weighted by molar-refractivity contribution is 7.07. The molecule has 0 aromatic carbocycles. The Morgan fingerprint density at radius 3 is 2.95 bits per heavy atom. The van der Waals surface area contributed by atoms with Gasteiger partial charge in [0.1, 0.15) is 0 Å². The molecular weight excluding hydrogens is 256 g/mol. The van der Waals surface area contributed by atoms with Gasteiger partial charge in [-0.25, -0.2) is 0 Å². The minimum absolute atomic E-state index is 0.363. The van der Waals surface area contributed by atoms with Crippen LogP contribution in [0.2, 0.25) is 0 Å². The van der Waals surface area contributed by atoms with Crippen LogP contribution in [-0.2, 0) is 11.3 Å². The average molecular weight is 278 g/mol. The summed E-state index contributed by atoms with van der Waals surface area (Å²) < 4.78 is 0. The van der Waals surface area contributed by atoms with Crippen molar-refractivity contribution in [3.05, 3.63) is 22.4 Å². The Balaban J connectivity index is 1.48. The van der Waals surface area contributed by atoms with E-state index < -0.39 is 0 Å². The molecule has 1 aromatic rings. The van der Waals surface area contributed by atoms with Gasteiger partial charge in [0.2, 0.25) is 5.91 Å². The average Bonchev–Trinajstić information content (AvgIpc) is 3.13.